The molecule has 0 bridgehead atoms. The first-order valence-electron chi connectivity index (χ1n) is 18.3. The molecule has 2 saturated carbocycles. The molecular weight excluding hydrogens is 721 g/mol. The molecule has 2 spiro atoms. The summed E-state index contributed by atoms with van der Waals surface area (Å²) in [7, 11) is 2.88. The molecule has 2 aliphatic heterocycles. The number of amides is 4. The molecule has 3 aromatic heterocycles. The summed E-state index contributed by atoms with van der Waals surface area (Å²) in [6.45, 7) is 3.40. The fourth-order valence-corrected chi connectivity index (χ4v) is 14.5. The average Bonchev–Trinajstić information content (AvgIpc) is 3.93. The molecular formula is C42H36N4O4S3. The zero-order chi connectivity index (χ0) is 37.1. The zero-order valence-electron chi connectivity index (χ0n) is 30.0. The molecule has 0 aromatic carbocycles. The molecule has 0 unspecified atom stereocenters. The van der Waals surface area contributed by atoms with Gasteiger partial charge in [0, 0.05) is 50.5 Å². The lowest BCUT2D eigenvalue weighted by molar-refractivity contribution is -0.140. The Morgan fingerprint density at radius 2 is 1.23 bits per heavy atom. The highest BCUT2D eigenvalue weighted by atomic mass is 32.1. The van der Waals surface area contributed by atoms with Crippen molar-refractivity contribution in [3.05, 3.63) is 78.1 Å². The first kappa shape index (κ1) is 34.1. The fourth-order valence-electron chi connectivity index (χ4n) is 9.94. The highest BCUT2D eigenvalue weighted by molar-refractivity contribution is 7.39. The van der Waals surface area contributed by atoms with Gasteiger partial charge in [-0.1, -0.05) is 44.6 Å². The van der Waals surface area contributed by atoms with Gasteiger partial charge < -0.3 is 0 Å². The van der Waals surface area contributed by atoms with Crippen LogP contribution in [0.4, 0.5) is 0 Å². The predicted octanol–water partition coefficient (Wildman–Crippen LogP) is 9.02. The Bertz CT molecular complexity index is 2570. The van der Waals surface area contributed by atoms with Crippen molar-refractivity contribution in [2.24, 2.45) is 5.41 Å². The summed E-state index contributed by atoms with van der Waals surface area (Å²) in [6.07, 6.45) is 17.3. The van der Waals surface area contributed by atoms with Gasteiger partial charge in [0.15, 0.2) is 0 Å². The predicted molar refractivity (Wildman–Crippen MR) is 209 cm³/mol. The van der Waals surface area contributed by atoms with Crippen molar-refractivity contribution >= 4 is 88.1 Å². The van der Waals surface area contributed by atoms with Crippen molar-refractivity contribution in [2.45, 2.75) is 83.5 Å². The Hall–Kier alpha value is -4.68. The summed E-state index contributed by atoms with van der Waals surface area (Å²) < 4.78 is 5.03. The maximum atomic E-state index is 13.6. The lowest BCUT2D eigenvalue weighted by Crippen LogP contribution is -2.39. The monoisotopic (exact) mass is 756 g/mol. The van der Waals surface area contributed by atoms with E-state index in [1.807, 2.05) is 40.9 Å². The van der Waals surface area contributed by atoms with E-state index in [-0.39, 0.29) is 27.9 Å². The smallest absolute Gasteiger partial charge is 0.271 e. The lowest BCUT2D eigenvalue weighted by Gasteiger charge is -2.38. The molecule has 266 valence electrons. The SMILES string of the molecule is CC1=C(C#N)C(=O)N(C)C(=O)/C1=C/C1=CC2=C(c3sc4c(sc5cc(/C=C6/C(=O)N(C)C(=O)C(C#N)=C6C)sc54)c3C23CCCCC3)C12CCCCC2. The van der Waals surface area contributed by atoms with E-state index < -0.39 is 17.7 Å². The largest absolute Gasteiger partial charge is 0.277 e. The Labute approximate surface area is 319 Å². The second kappa shape index (κ2) is 11.9. The van der Waals surface area contributed by atoms with Crippen molar-refractivity contribution in [1.82, 2.24) is 9.80 Å². The van der Waals surface area contributed by atoms with E-state index in [0.717, 1.165) is 71.6 Å². The molecule has 2 fully saturated rings. The minimum atomic E-state index is -0.567. The van der Waals surface area contributed by atoms with Crippen molar-refractivity contribution in [3.8, 4) is 12.1 Å². The lowest BCUT2D eigenvalue weighted by atomic mass is 9.66. The number of rotatable bonds is 2. The van der Waals surface area contributed by atoms with Crippen LogP contribution >= 0.6 is 34.0 Å². The quantitative estimate of drug-likeness (QED) is 0.190. The van der Waals surface area contributed by atoms with E-state index in [2.05, 4.69) is 18.2 Å². The van der Waals surface area contributed by atoms with E-state index in [4.69, 9.17) is 0 Å². The van der Waals surface area contributed by atoms with Crippen molar-refractivity contribution < 1.29 is 19.2 Å². The van der Waals surface area contributed by atoms with Gasteiger partial charge in [-0.15, -0.1) is 34.0 Å². The van der Waals surface area contributed by atoms with Gasteiger partial charge in [-0.25, -0.2) is 0 Å². The molecule has 0 saturated heterocycles. The van der Waals surface area contributed by atoms with Crippen LogP contribution in [0.15, 0.2) is 62.8 Å². The van der Waals surface area contributed by atoms with Gasteiger partial charge >= 0.3 is 0 Å². The van der Waals surface area contributed by atoms with Gasteiger partial charge in [0.2, 0.25) is 0 Å². The topological polar surface area (TPSA) is 122 Å². The number of imide groups is 2. The van der Waals surface area contributed by atoms with E-state index in [9.17, 15) is 29.7 Å². The van der Waals surface area contributed by atoms with Crippen LogP contribution in [-0.4, -0.2) is 47.5 Å². The molecule has 4 aliphatic carbocycles. The van der Waals surface area contributed by atoms with Crippen LogP contribution in [0, 0.1) is 28.1 Å². The van der Waals surface area contributed by atoms with Crippen LogP contribution in [0.1, 0.15) is 93.4 Å². The number of carbonyl (C=O) groups is 4. The molecule has 3 aromatic rings. The highest BCUT2D eigenvalue weighted by Gasteiger charge is 2.56. The standard InChI is InChI=1S/C42H36N4O4S3/c1-21-25(37(47)45(3)39(49)27(21)19-43)15-23-16-29-31(41(23)11-7-5-8-12-41)34-32(42(29)13-9-6-10-14-42)35-36(53-34)33-30(52-35)18-24(51-33)17-26-22(2)28(20-44)40(50)46(4)38(26)48/h15-18H,5-14H2,1-4H3/b25-15+,26-17+. The van der Waals surface area contributed by atoms with Crippen LogP contribution in [0.25, 0.3) is 30.4 Å². The van der Waals surface area contributed by atoms with Crippen LogP contribution in [-0.2, 0) is 24.6 Å². The maximum Gasteiger partial charge on any atom is 0.271 e. The zero-order valence-corrected chi connectivity index (χ0v) is 32.5. The van der Waals surface area contributed by atoms with Crippen molar-refractivity contribution in [1.29, 1.82) is 10.5 Å². The molecule has 4 amide bonds. The van der Waals surface area contributed by atoms with Crippen LogP contribution in [0.2, 0.25) is 0 Å². The molecule has 53 heavy (non-hydrogen) atoms. The van der Waals surface area contributed by atoms with Gasteiger partial charge in [-0.3, -0.25) is 29.0 Å². The van der Waals surface area contributed by atoms with E-state index in [1.165, 1.54) is 67.3 Å². The summed E-state index contributed by atoms with van der Waals surface area (Å²) in [4.78, 5) is 56.6. The summed E-state index contributed by atoms with van der Waals surface area (Å²) >= 11 is 5.39. The van der Waals surface area contributed by atoms with Gasteiger partial charge in [0.1, 0.15) is 23.3 Å². The van der Waals surface area contributed by atoms with E-state index in [1.54, 1.807) is 25.2 Å². The summed E-state index contributed by atoms with van der Waals surface area (Å²) in [6, 6.07) is 6.20. The molecule has 11 heteroatoms. The van der Waals surface area contributed by atoms with E-state index >= 15 is 0 Å². The third-order valence-electron chi connectivity index (χ3n) is 12.7. The molecule has 5 heterocycles. The molecule has 0 radical (unpaired) electrons. The maximum absolute atomic E-state index is 13.6. The summed E-state index contributed by atoms with van der Waals surface area (Å²) in [5.41, 5.74) is 6.87. The van der Waals surface area contributed by atoms with E-state index in [0.29, 0.717) is 22.3 Å². The minimum absolute atomic E-state index is 0.00229. The minimum Gasteiger partial charge on any atom is -0.277 e. The van der Waals surface area contributed by atoms with Gasteiger partial charge in [-0.05, 0) is 91.2 Å². The molecule has 6 aliphatic rings. The number of nitriles is 2. The van der Waals surface area contributed by atoms with Crippen molar-refractivity contribution in [2.75, 3.05) is 14.1 Å². The Morgan fingerprint density at radius 1 is 0.679 bits per heavy atom. The Balaban J connectivity index is 1.21. The second-order valence-corrected chi connectivity index (χ2v) is 18.4. The summed E-state index contributed by atoms with van der Waals surface area (Å²) in [5, 5.41) is 19.5. The van der Waals surface area contributed by atoms with Crippen LogP contribution < -0.4 is 0 Å². The number of thiophene rings is 3. The molecule has 0 atom stereocenters. The van der Waals surface area contributed by atoms with Crippen molar-refractivity contribution in [3.63, 3.8) is 0 Å². The van der Waals surface area contributed by atoms with Gasteiger partial charge in [0.25, 0.3) is 23.6 Å². The number of likely N-dealkylation sites (N-methyl/N-ethyl adjacent to an activating group) is 2. The first-order valence-corrected chi connectivity index (χ1v) is 20.7. The van der Waals surface area contributed by atoms with Crippen LogP contribution in [0.3, 0.4) is 0 Å². The first-order chi connectivity index (χ1) is 25.5. The molecule has 0 N–H and O–H groups in total. The Kier molecular flexibility index (Phi) is 7.67. The third kappa shape index (κ3) is 4.48. The second-order valence-electron chi connectivity index (χ2n) is 15.3. The third-order valence-corrected chi connectivity index (χ3v) is 16.6. The molecule has 8 nitrogen and oxygen atoms in total. The number of nitrogens with zero attached hydrogens (tertiary/aromatic N) is 4. The number of allylic oxidation sites excluding steroid dienone is 5. The van der Waals surface area contributed by atoms with Gasteiger partial charge in [-0.2, -0.15) is 10.5 Å². The number of hydrogen-bond donors (Lipinski definition) is 0. The summed E-state index contributed by atoms with van der Waals surface area (Å²) in [5.74, 6) is -1.87. The number of fused-ring (bicyclic) bond motifs is 9. The van der Waals surface area contributed by atoms with Crippen LogP contribution in [0.5, 0.6) is 0 Å². The number of hydrogen-bond acceptors (Lipinski definition) is 9. The number of carbonyl (C=O) groups excluding carboxylic acids is 4. The fraction of sp³-hybridized carbons (Fsp3) is 0.381. The molecule has 9 rings (SSSR count). The average molecular weight is 757 g/mol. The highest BCUT2D eigenvalue weighted by Crippen LogP contribution is 2.70. The van der Waals surface area contributed by atoms with Gasteiger partial charge in [0.05, 0.1) is 14.1 Å². The normalized spacial score (nSPS) is 24.2. The Morgan fingerprint density at radius 3 is 1.79 bits per heavy atom.